The van der Waals surface area contributed by atoms with E-state index in [2.05, 4.69) is 35.6 Å². The van der Waals surface area contributed by atoms with Crippen LogP contribution in [0.1, 0.15) is 30.0 Å². The van der Waals surface area contributed by atoms with Crippen molar-refractivity contribution in [3.05, 3.63) is 58.6 Å². The number of rotatable bonds is 7. The lowest BCUT2D eigenvalue weighted by Crippen LogP contribution is -2.22. The zero-order valence-electron chi connectivity index (χ0n) is 13.5. The average Bonchev–Trinajstić information content (AvgIpc) is 3.42. The summed E-state index contributed by atoms with van der Waals surface area (Å²) in [6.45, 7) is 0.704. The first-order valence-corrected chi connectivity index (χ1v) is 8.30. The van der Waals surface area contributed by atoms with Gasteiger partial charge in [-0.3, -0.25) is 0 Å². The molecule has 0 spiro atoms. The van der Waals surface area contributed by atoms with Gasteiger partial charge in [-0.15, -0.1) is 0 Å². The van der Waals surface area contributed by atoms with Gasteiger partial charge in [0.15, 0.2) is 11.5 Å². The summed E-state index contributed by atoms with van der Waals surface area (Å²) in [6, 6.07) is 14.9. The molecule has 1 aliphatic carbocycles. The summed E-state index contributed by atoms with van der Waals surface area (Å²) in [4.78, 5) is 0. The van der Waals surface area contributed by atoms with Gasteiger partial charge in [-0.25, -0.2) is 0 Å². The molecule has 4 heteroatoms. The molecule has 1 unspecified atom stereocenters. The minimum Gasteiger partial charge on any atom is -0.493 e. The molecule has 1 saturated carbocycles. The number of methoxy groups -OCH3 is 2. The Morgan fingerprint density at radius 3 is 2.43 bits per heavy atom. The van der Waals surface area contributed by atoms with Crippen LogP contribution in [0.15, 0.2) is 42.5 Å². The van der Waals surface area contributed by atoms with Gasteiger partial charge in [-0.2, -0.15) is 0 Å². The molecule has 0 aliphatic heterocycles. The Labute approximate surface area is 142 Å². The van der Waals surface area contributed by atoms with Crippen molar-refractivity contribution in [1.82, 2.24) is 5.32 Å². The highest BCUT2D eigenvalue weighted by Gasteiger charge is 2.32. The number of hydrogen-bond donors (Lipinski definition) is 1. The van der Waals surface area contributed by atoms with Crippen LogP contribution in [0.3, 0.4) is 0 Å². The van der Waals surface area contributed by atoms with Crippen LogP contribution in [0, 0.1) is 5.92 Å². The first kappa shape index (κ1) is 16.2. The largest absolute Gasteiger partial charge is 0.493 e. The third kappa shape index (κ3) is 3.62. The van der Waals surface area contributed by atoms with Crippen LogP contribution in [-0.4, -0.2) is 14.2 Å². The molecule has 3 rings (SSSR count). The van der Waals surface area contributed by atoms with E-state index in [9.17, 15) is 0 Å². The van der Waals surface area contributed by atoms with Crippen LogP contribution in [0.5, 0.6) is 11.5 Å². The van der Waals surface area contributed by atoms with E-state index in [4.69, 9.17) is 21.1 Å². The lowest BCUT2D eigenvalue weighted by atomic mass is 10.0. The maximum absolute atomic E-state index is 6.47. The number of hydrogen-bond acceptors (Lipinski definition) is 3. The molecule has 0 saturated heterocycles. The highest BCUT2D eigenvalue weighted by atomic mass is 35.5. The molecule has 122 valence electrons. The van der Waals surface area contributed by atoms with Crippen LogP contribution >= 0.6 is 11.6 Å². The standard InChI is InChI=1S/C19H22ClNO2/c1-22-16-11-10-15(17(20)19(16)23-2)12-21-18(14-8-9-14)13-6-4-3-5-7-13/h3-7,10-11,14,18,21H,8-9,12H2,1-2H3. The molecule has 3 nitrogen and oxygen atoms in total. The van der Waals surface area contributed by atoms with Crippen LogP contribution < -0.4 is 14.8 Å². The van der Waals surface area contributed by atoms with Gasteiger partial charge in [0.05, 0.1) is 19.2 Å². The Kier molecular flexibility index (Phi) is 5.09. The number of ether oxygens (including phenoxy) is 2. The monoisotopic (exact) mass is 331 g/mol. The van der Waals surface area contributed by atoms with Gasteiger partial charge in [0.25, 0.3) is 0 Å². The second kappa shape index (κ2) is 7.24. The molecule has 0 amide bonds. The van der Waals surface area contributed by atoms with Crippen molar-refractivity contribution in [1.29, 1.82) is 0 Å². The van der Waals surface area contributed by atoms with E-state index in [1.165, 1.54) is 18.4 Å². The lowest BCUT2D eigenvalue weighted by Gasteiger charge is -2.20. The van der Waals surface area contributed by atoms with E-state index in [1.54, 1.807) is 14.2 Å². The minimum atomic E-state index is 0.375. The fraction of sp³-hybridized carbons (Fsp3) is 0.368. The maximum atomic E-state index is 6.47. The Bertz CT molecular complexity index is 656. The Hall–Kier alpha value is -1.71. The topological polar surface area (TPSA) is 30.5 Å². The van der Waals surface area contributed by atoms with Crippen LogP contribution in [0.4, 0.5) is 0 Å². The Balaban J connectivity index is 1.77. The van der Waals surface area contributed by atoms with Gasteiger partial charge in [-0.1, -0.05) is 48.0 Å². The number of nitrogens with one attached hydrogen (secondary N) is 1. The summed E-state index contributed by atoms with van der Waals surface area (Å²) in [7, 11) is 3.22. The van der Waals surface area contributed by atoms with E-state index in [-0.39, 0.29) is 0 Å². The molecule has 1 N–H and O–H groups in total. The average molecular weight is 332 g/mol. The van der Waals surface area contributed by atoms with Gasteiger partial charge in [-0.05, 0) is 36.0 Å². The van der Waals surface area contributed by atoms with E-state index < -0.39 is 0 Å². The minimum absolute atomic E-state index is 0.375. The summed E-state index contributed by atoms with van der Waals surface area (Å²) in [5.41, 5.74) is 2.36. The second-order valence-corrected chi connectivity index (χ2v) is 6.26. The van der Waals surface area contributed by atoms with Crippen molar-refractivity contribution < 1.29 is 9.47 Å². The van der Waals surface area contributed by atoms with Crippen molar-refractivity contribution in [2.45, 2.75) is 25.4 Å². The van der Waals surface area contributed by atoms with Gasteiger partial charge in [0.2, 0.25) is 0 Å². The smallest absolute Gasteiger partial charge is 0.179 e. The highest BCUT2D eigenvalue weighted by molar-refractivity contribution is 6.33. The fourth-order valence-corrected chi connectivity index (χ4v) is 3.23. The molecule has 0 radical (unpaired) electrons. The quantitative estimate of drug-likeness (QED) is 0.804. The van der Waals surface area contributed by atoms with Gasteiger partial charge in [0.1, 0.15) is 0 Å². The van der Waals surface area contributed by atoms with Gasteiger partial charge >= 0.3 is 0 Å². The van der Waals surface area contributed by atoms with Crippen LogP contribution in [-0.2, 0) is 6.54 Å². The van der Waals surface area contributed by atoms with Gasteiger partial charge < -0.3 is 14.8 Å². The maximum Gasteiger partial charge on any atom is 0.179 e. The Morgan fingerprint density at radius 1 is 1.09 bits per heavy atom. The van der Waals surface area contributed by atoms with E-state index in [0.29, 0.717) is 29.1 Å². The van der Waals surface area contributed by atoms with Crippen LogP contribution in [0.25, 0.3) is 0 Å². The third-order valence-corrected chi connectivity index (χ3v) is 4.74. The molecular weight excluding hydrogens is 310 g/mol. The first-order chi connectivity index (χ1) is 11.2. The third-order valence-electron chi connectivity index (χ3n) is 4.33. The van der Waals surface area contributed by atoms with E-state index >= 15 is 0 Å². The summed E-state index contributed by atoms with van der Waals surface area (Å²) in [5, 5.41) is 4.28. The van der Waals surface area contributed by atoms with E-state index in [0.717, 1.165) is 11.5 Å². The van der Waals surface area contributed by atoms with Crippen molar-refractivity contribution in [2.75, 3.05) is 14.2 Å². The molecule has 0 heterocycles. The van der Waals surface area contributed by atoms with Crippen molar-refractivity contribution >= 4 is 11.6 Å². The first-order valence-electron chi connectivity index (χ1n) is 7.92. The summed E-state index contributed by atoms with van der Waals surface area (Å²) in [6.07, 6.45) is 2.57. The molecular formula is C19H22ClNO2. The summed E-state index contributed by atoms with van der Waals surface area (Å²) >= 11 is 6.47. The Morgan fingerprint density at radius 2 is 1.83 bits per heavy atom. The molecule has 0 bridgehead atoms. The normalized spacial score (nSPS) is 15.3. The second-order valence-electron chi connectivity index (χ2n) is 5.88. The summed E-state index contributed by atoms with van der Waals surface area (Å²) in [5.74, 6) is 1.97. The SMILES string of the molecule is COc1ccc(CNC(c2ccccc2)C2CC2)c(Cl)c1OC. The molecule has 1 aliphatic rings. The zero-order valence-corrected chi connectivity index (χ0v) is 14.3. The van der Waals surface area contributed by atoms with E-state index in [1.807, 2.05) is 12.1 Å². The predicted molar refractivity (Wildman–Crippen MR) is 93.3 cm³/mol. The molecule has 1 atom stereocenters. The number of benzene rings is 2. The number of halogens is 1. The van der Waals surface area contributed by atoms with Crippen molar-refractivity contribution in [3.8, 4) is 11.5 Å². The van der Waals surface area contributed by atoms with Crippen molar-refractivity contribution in [3.63, 3.8) is 0 Å². The molecule has 2 aromatic carbocycles. The highest BCUT2D eigenvalue weighted by Crippen LogP contribution is 2.42. The zero-order chi connectivity index (χ0) is 16.2. The molecule has 2 aromatic rings. The molecule has 23 heavy (non-hydrogen) atoms. The lowest BCUT2D eigenvalue weighted by molar-refractivity contribution is 0.354. The van der Waals surface area contributed by atoms with Gasteiger partial charge in [0, 0.05) is 12.6 Å². The predicted octanol–water partition coefficient (Wildman–Crippen LogP) is 4.60. The van der Waals surface area contributed by atoms with Crippen molar-refractivity contribution in [2.24, 2.45) is 5.92 Å². The van der Waals surface area contributed by atoms with Crippen LogP contribution in [0.2, 0.25) is 5.02 Å². The molecule has 1 fully saturated rings. The molecule has 0 aromatic heterocycles. The fourth-order valence-electron chi connectivity index (χ4n) is 2.93. The summed E-state index contributed by atoms with van der Waals surface area (Å²) < 4.78 is 10.7.